The van der Waals surface area contributed by atoms with Crippen LogP contribution in [0.15, 0.2) is 42.5 Å². The molecule has 1 aliphatic carbocycles. The summed E-state index contributed by atoms with van der Waals surface area (Å²) in [4.78, 5) is 27.7. The number of benzene rings is 2. The van der Waals surface area contributed by atoms with Gasteiger partial charge in [0, 0.05) is 17.5 Å². The molecule has 1 heterocycles. The van der Waals surface area contributed by atoms with E-state index in [4.69, 9.17) is 11.6 Å². The molecule has 2 aromatic rings. The summed E-state index contributed by atoms with van der Waals surface area (Å²) in [6.07, 6.45) is 9.99. The Morgan fingerprint density at radius 2 is 1.81 bits per heavy atom. The largest absolute Gasteiger partial charge is 0.320 e. The lowest BCUT2D eigenvalue weighted by Crippen LogP contribution is -2.31. The first-order valence-electron chi connectivity index (χ1n) is 11.4. The molecule has 4 rings (SSSR count). The molecule has 0 radical (unpaired) electrons. The minimum absolute atomic E-state index is 0. The van der Waals surface area contributed by atoms with Crippen molar-refractivity contribution < 1.29 is 9.59 Å². The van der Waals surface area contributed by atoms with E-state index in [0.29, 0.717) is 40.1 Å². The van der Waals surface area contributed by atoms with Crippen LogP contribution in [0.1, 0.15) is 68.1 Å². The van der Waals surface area contributed by atoms with Crippen molar-refractivity contribution in [2.24, 2.45) is 0 Å². The SMILES string of the molecule is Cl.O=C1Nc2cc(Cl)ccc2N(C(=O)CCCCCNC2CCCCC2)c2ccccc21. The fraction of sp³-hybridized carbons (Fsp3) is 0.440. The van der Waals surface area contributed by atoms with Gasteiger partial charge in [-0.15, -0.1) is 12.4 Å². The summed E-state index contributed by atoms with van der Waals surface area (Å²) in [6, 6.07) is 13.1. The van der Waals surface area contributed by atoms with E-state index in [0.717, 1.165) is 25.8 Å². The van der Waals surface area contributed by atoms with Crippen LogP contribution in [0.4, 0.5) is 17.1 Å². The second-order valence-electron chi connectivity index (χ2n) is 8.46. The molecule has 0 bridgehead atoms. The Kier molecular flexibility index (Phi) is 8.97. The number of carbonyl (C=O) groups excluding carboxylic acids is 2. The zero-order valence-corrected chi connectivity index (χ0v) is 19.8. The predicted octanol–water partition coefficient (Wildman–Crippen LogP) is 6.47. The first kappa shape index (κ1) is 24.6. The van der Waals surface area contributed by atoms with Crippen LogP contribution < -0.4 is 15.5 Å². The highest BCUT2D eigenvalue weighted by atomic mass is 35.5. The van der Waals surface area contributed by atoms with Gasteiger partial charge in [-0.05, 0) is 62.6 Å². The molecule has 0 spiro atoms. The van der Waals surface area contributed by atoms with Crippen LogP contribution in [-0.2, 0) is 4.79 Å². The normalized spacial score (nSPS) is 15.8. The molecule has 0 aromatic heterocycles. The smallest absolute Gasteiger partial charge is 0.257 e. The van der Waals surface area contributed by atoms with E-state index in [2.05, 4.69) is 10.6 Å². The Labute approximate surface area is 201 Å². The number of rotatable bonds is 7. The van der Waals surface area contributed by atoms with Crippen molar-refractivity contribution in [1.29, 1.82) is 0 Å². The zero-order chi connectivity index (χ0) is 21.6. The fourth-order valence-electron chi connectivity index (χ4n) is 4.55. The topological polar surface area (TPSA) is 61.4 Å². The van der Waals surface area contributed by atoms with Gasteiger partial charge in [-0.1, -0.05) is 49.4 Å². The highest BCUT2D eigenvalue weighted by Crippen LogP contribution is 2.39. The van der Waals surface area contributed by atoms with E-state index in [1.165, 1.54) is 32.1 Å². The number of hydrogen-bond donors (Lipinski definition) is 2. The maximum atomic E-state index is 13.3. The molecule has 2 aromatic carbocycles. The van der Waals surface area contributed by atoms with E-state index in [1.807, 2.05) is 18.2 Å². The van der Waals surface area contributed by atoms with E-state index in [1.54, 1.807) is 29.2 Å². The number of hydrogen-bond acceptors (Lipinski definition) is 3. The molecule has 2 aliphatic rings. The number of nitrogens with one attached hydrogen (secondary N) is 2. The zero-order valence-electron chi connectivity index (χ0n) is 18.2. The Bertz CT molecular complexity index is 945. The molecule has 1 fully saturated rings. The molecule has 0 atom stereocenters. The summed E-state index contributed by atoms with van der Waals surface area (Å²) in [5, 5.41) is 7.07. The molecule has 5 nitrogen and oxygen atoms in total. The van der Waals surface area contributed by atoms with Gasteiger partial charge in [0.15, 0.2) is 0 Å². The van der Waals surface area contributed by atoms with Gasteiger partial charge in [-0.2, -0.15) is 0 Å². The molecule has 7 heteroatoms. The lowest BCUT2D eigenvalue weighted by Gasteiger charge is -2.24. The predicted molar refractivity (Wildman–Crippen MR) is 134 cm³/mol. The average Bonchev–Trinajstić information content (AvgIpc) is 2.90. The Morgan fingerprint density at radius 3 is 2.62 bits per heavy atom. The summed E-state index contributed by atoms with van der Waals surface area (Å²) < 4.78 is 0. The number of amides is 2. The molecule has 2 N–H and O–H groups in total. The first-order valence-corrected chi connectivity index (χ1v) is 11.8. The van der Waals surface area contributed by atoms with Crippen LogP contribution in [-0.4, -0.2) is 24.4 Å². The third-order valence-corrected chi connectivity index (χ3v) is 6.43. The highest BCUT2D eigenvalue weighted by Gasteiger charge is 2.29. The maximum absolute atomic E-state index is 13.3. The monoisotopic (exact) mass is 475 g/mol. The summed E-state index contributed by atoms with van der Waals surface area (Å²) in [5.41, 5.74) is 2.32. The number of para-hydroxylation sites is 1. The van der Waals surface area contributed by atoms with Crippen LogP contribution in [0.5, 0.6) is 0 Å². The summed E-state index contributed by atoms with van der Waals surface area (Å²) in [5.74, 6) is -0.240. The molecule has 0 unspecified atom stereocenters. The Morgan fingerprint density at radius 1 is 1.03 bits per heavy atom. The molecule has 172 valence electrons. The van der Waals surface area contributed by atoms with E-state index in [9.17, 15) is 9.59 Å². The number of halogens is 2. The van der Waals surface area contributed by atoms with Gasteiger partial charge in [-0.3, -0.25) is 14.5 Å². The van der Waals surface area contributed by atoms with E-state index in [-0.39, 0.29) is 24.2 Å². The van der Waals surface area contributed by atoms with Gasteiger partial charge < -0.3 is 10.6 Å². The minimum atomic E-state index is -0.233. The molecular weight excluding hydrogens is 445 g/mol. The van der Waals surface area contributed by atoms with Crippen molar-refractivity contribution >= 4 is 52.9 Å². The standard InChI is InChI=1S/C25H30ClN3O2.ClH/c26-18-14-15-23-21(17-18)28-25(31)20-11-6-7-12-22(20)29(23)24(30)13-5-2-8-16-27-19-9-3-1-4-10-19;/h6-7,11-12,14-15,17,19,27H,1-5,8-10,13,16H2,(H,28,31);1H. The van der Waals surface area contributed by atoms with Crippen molar-refractivity contribution in [1.82, 2.24) is 5.32 Å². The Hall–Kier alpha value is -2.08. The summed E-state index contributed by atoms with van der Waals surface area (Å²) in [7, 11) is 0. The van der Waals surface area contributed by atoms with Crippen LogP contribution in [0.3, 0.4) is 0 Å². The molecule has 32 heavy (non-hydrogen) atoms. The molecule has 0 saturated heterocycles. The maximum Gasteiger partial charge on any atom is 0.257 e. The first-order chi connectivity index (χ1) is 15.1. The number of carbonyl (C=O) groups is 2. The van der Waals surface area contributed by atoms with Crippen LogP contribution in [0, 0.1) is 0 Å². The lowest BCUT2D eigenvalue weighted by atomic mass is 9.95. The van der Waals surface area contributed by atoms with Gasteiger partial charge in [0.1, 0.15) is 0 Å². The van der Waals surface area contributed by atoms with Gasteiger partial charge in [0.25, 0.3) is 5.91 Å². The number of nitrogens with zero attached hydrogens (tertiary/aromatic N) is 1. The highest BCUT2D eigenvalue weighted by molar-refractivity contribution is 6.31. The fourth-order valence-corrected chi connectivity index (χ4v) is 4.73. The van der Waals surface area contributed by atoms with Crippen molar-refractivity contribution in [2.75, 3.05) is 16.8 Å². The summed E-state index contributed by atoms with van der Waals surface area (Å²) in [6.45, 7) is 1.02. The lowest BCUT2D eigenvalue weighted by molar-refractivity contribution is -0.118. The molecule has 1 saturated carbocycles. The molecule has 1 aliphatic heterocycles. The summed E-state index contributed by atoms with van der Waals surface area (Å²) >= 11 is 6.14. The van der Waals surface area contributed by atoms with Gasteiger partial charge >= 0.3 is 0 Å². The van der Waals surface area contributed by atoms with Crippen LogP contribution >= 0.6 is 24.0 Å². The van der Waals surface area contributed by atoms with E-state index < -0.39 is 0 Å². The number of unbranched alkanes of at least 4 members (excludes halogenated alkanes) is 2. The second-order valence-corrected chi connectivity index (χ2v) is 8.90. The van der Waals surface area contributed by atoms with Crippen molar-refractivity contribution in [2.45, 2.75) is 63.8 Å². The van der Waals surface area contributed by atoms with Gasteiger partial charge in [0.2, 0.25) is 5.91 Å². The minimum Gasteiger partial charge on any atom is -0.320 e. The quantitative estimate of drug-likeness (QED) is 0.450. The van der Waals surface area contributed by atoms with Crippen molar-refractivity contribution in [3.8, 4) is 0 Å². The molecule has 2 amide bonds. The van der Waals surface area contributed by atoms with Crippen molar-refractivity contribution in [3.05, 3.63) is 53.1 Å². The van der Waals surface area contributed by atoms with Crippen LogP contribution in [0.25, 0.3) is 0 Å². The Balaban J connectivity index is 0.00000289. The van der Waals surface area contributed by atoms with Gasteiger partial charge in [-0.25, -0.2) is 0 Å². The average molecular weight is 476 g/mol. The van der Waals surface area contributed by atoms with E-state index >= 15 is 0 Å². The molecular formula is C25H31Cl2N3O2. The van der Waals surface area contributed by atoms with Crippen molar-refractivity contribution in [3.63, 3.8) is 0 Å². The van der Waals surface area contributed by atoms with Gasteiger partial charge in [0.05, 0.1) is 22.6 Å². The number of anilines is 3. The third kappa shape index (κ3) is 5.83. The third-order valence-electron chi connectivity index (χ3n) is 6.19. The van der Waals surface area contributed by atoms with Crippen LogP contribution in [0.2, 0.25) is 5.02 Å². The number of fused-ring (bicyclic) bond motifs is 2. The second kappa shape index (κ2) is 11.7.